The third-order valence-corrected chi connectivity index (χ3v) is 2.54. The van der Waals surface area contributed by atoms with Crippen LogP contribution in [0.15, 0.2) is 24.3 Å². The summed E-state index contributed by atoms with van der Waals surface area (Å²) in [7, 11) is 1.71. The fourth-order valence-electron chi connectivity index (χ4n) is 1.70. The molecule has 0 saturated carbocycles. The molecule has 0 spiro atoms. The predicted octanol–water partition coefficient (Wildman–Crippen LogP) is 2.49. The summed E-state index contributed by atoms with van der Waals surface area (Å²) in [6.45, 7) is 4.90. The Hall–Kier alpha value is -1.35. The molecule has 2 aromatic rings. The largest absolute Gasteiger partial charge is 0.384 e. The highest BCUT2D eigenvalue weighted by Crippen LogP contribution is 2.23. The van der Waals surface area contributed by atoms with Gasteiger partial charge in [-0.25, -0.2) is 4.98 Å². The second kappa shape index (κ2) is 3.66. The summed E-state index contributed by atoms with van der Waals surface area (Å²) in [4.78, 5) is 7.90. The lowest BCUT2D eigenvalue weighted by Crippen LogP contribution is -2.25. The Balaban J connectivity index is 2.44. The summed E-state index contributed by atoms with van der Waals surface area (Å²) in [5.74, 6) is 0.977. The number of aromatic nitrogens is 2. The second-order valence-corrected chi connectivity index (χ2v) is 4.42. The fourth-order valence-corrected chi connectivity index (χ4v) is 1.70. The molecule has 1 heterocycles. The second-order valence-electron chi connectivity index (χ2n) is 4.42. The quantitative estimate of drug-likeness (QED) is 0.834. The van der Waals surface area contributed by atoms with Gasteiger partial charge in [0.1, 0.15) is 5.82 Å². The van der Waals surface area contributed by atoms with Gasteiger partial charge in [0.25, 0.3) is 0 Å². The first-order valence-electron chi connectivity index (χ1n) is 5.08. The molecule has 3 nitrogen and oxygen atoms in total. The van der Waals surface area contributed by atoms with Gasteiger partial charge >= 0.3 is 0 Å². The van der Waals surface area contributed by atoms with Gasteiger partial charge in [-0.3, -0.25) is 0 Å². The maximum Gasteiger partial charge on any atom is 0.115 e. The van der Waals surface area contributed by atoms with Crippen LogP contribution in [0.3, 0.4) is 0 Å². The van der Waals surface area contributed by atoms with Gasteiger partial charge in [0.05, 0.1) is 17.6 Å². The lowest BCUT2D eigenvalue weighted by Gasteiger charge is -2.20. The third-order valence-electron chi connectivity index (χ3n) is 2.54. The molecule has 15 heavy (non-hydrogen) atoms. The Bertz CT molecular complexity index is 426. The first kappa shape index (κ1) is 10.2. The molecule has 3 heteroatoms. The van der Waals surface area contributed by atoms with Crippen LogP contribution >= 0.6 is 0 Å². The van der Waals surface area contributed by atoms with Crippen LogP contribution in [0.25, 0.3) is 11.0 Å². The van der Waals surface area contributed by atoms with Gasteiger partial charge < -0.3 is 9.72 Å². The van der Waals surface area contributed by atoms with E-state index in [0.717, 1.165) is 16.9 Å². The fraction of sp³-hybridized carbons (Fsp3) is 0.417. The molecule has 2 rings (SSSR count). The van der Waals surface area contributed by atoms with Crippen LogP contribution in [-0.4, -0.2) is 23.7 Å². The van der Waals surface area contributed by atoms with Crippen molar-refractivity contribution in [1.29, 1.82) is 0 Å². The van der Waals surface area contributed by atoms with Crippen molar-refractivity contribution >= 4 is 11.0 Å². The number of ether oxygens (including phenoxy) is 1. The van der Waals surface area contributed by atoms with Crippen molar-refractivity contribution in [1.82, 2.24) is 9.97 Å². The average molecular weight is 204 g/mol. The molecule has 0 aliphatic heterocycles. The van der Waals surface area contributed by atoms with Gasteiger partial charge in [-0.2, -0.15) is 0 Å². The van der Waals surface area contributed by atoms with Gasteiger partial charge in [0.2, 0.25) is 0 Å². The Morgan fingerprint density at radius 1 is 1.33 bits per heavy atom. The standard InChI is InChI=1S/C12H16N2O/c1-12(2,8-15-3)11-13-9-6-4-5-7-10(9)14-11/h4-7H,8H2,1-3H3,(H,13,14). The Morgan fingerprint density at radius 2 is 2.07 bits per heavy atom. The normalized spacial score (nSPS) is 12.2. The van der Waals surface area contributed by atoms with Crippen molar-refractivity contribution in [3.63, 3.8) is 0 Å². The van der Waals surface area contributed by atoms with Crippen LogP contribution in [0.2, 0.25) is 0 Å². The summed E-state index contributed by atoms with van der Waals surface area (Å²) >= 11 is 0. The molecule has 0 amide bonds. The minimum atomic E-state index is -0.0756. The number of aromatic amines is 1. The topological polar surface area (TPSA) is 37.9 Å². The van der Waals surface area contributed by atoms with Gasteiger partial charge in [-0.05, 0) is 12.1 Å². The lowest BCUT2D eigenvalue weighted by molar-refractivity contribution is 0.143. The Morgan fingerprint density at radius 3 is 2.73 bits per heavy atom. The number of nitrogens with zero attached hydrogens (tertiary/aromatic N) is 1. The van der Waals surface area contributed by atoms with Crippen molar-refractivity contribution in [3.05, 3.63) is 30.1 Å². The van der Waals surface area contributed by atoms with Crippen LogP contribution in [0.1, 0.15) is 19.7 Å². The lowest BCUT2D eigenvalue weighted by atomic mass is 9.94. The molecule has 0 bridgehead atoms. The molecule has 0 saturated heterocycles. The number of H-pyrrole nitrogens is 1. The zero-order chi connectivity index (χ0) is 10.9. The minimum Gasteiger partial charge on any atom is -0.384 e. The van der Waals surface area contributed by atoms with E-state index in [1.165, 1.54) is 0 Å². The van der Waals surface area contributed by atoms with Crippen molar-refractivity contribution in [2.45, 2.75) is 19.3 Å². The van der Waals surface area contributed by atoms with E-state index in [-0.39, 0.29) is 5.41 Å². The molecule has 0 atom stereocenters. The smallest absolute Gasteiger partial charge is 0.115 e. The number of hydrogen-bond acceptors (Lipinski definition) is 2. The molecule has 0 fully saturated rings. The molecule has 1 aromatic carbocycles. The zero-order valence-corrected chi connectivity index (χ0v) is 9.37. The Kier molecular flexibility index (Phi) is 2.49. The highest BCUT2D eigenvalue weighted by atomic mass is 16.5. The molecule has 0 aliphatic rings. The molecular formula is C12H16N2O. The zero-order valence-electron chi connectivity index (χ0n) is 9.37. The number of fused-ring (bicyclic) bond motifs is 1. The van der Waals surface area contributed by atoms with E-state index in [4.69, 9.17) is 4.74 Å². The number of para-hydroxylation sites is 2. The maximum absolute atomic E-state index is 5.20. The van der Waals surface area contributed by atoms with Gasteiger partial charge in [-0.15, -0.1) is 0 Å². The molecule has 1 N–H and O–H groups in total. The van der Waals surface area contributed by atoms with E-state index in [0.29, 0.717) is 6.61 Å². The van der Waals surface area contributed by atoms with Crippen molar-refractivity contribution in [2.75, 3.05) is 13.7 Å². The molecule has 1 aromatic heterocycles. The highest BCUT2D eigenvalue weighted by Gasteiger charge is 2.24. The number of benzene rings is 1. The van der Waals surface area contributed by atoms with E-state index >= 15 is 0 Å². The van der Waals surface area contributed by atoms with Crippen LogP contribution in [0, 0.1) is 0 Å². The van der Waals surface area contributed by atoms with Gasteiger partial charge in [0, 0.05) is 12.5 Å². The van der Waals surface area contributed by atoms with Crippen LogP contribution in [0.5, 0.6) is 0 Å². The third kappa shape index (κ3) is 1.88. The molecular weight excluding hydrogens is 188 g/mol. The van der Waals surface area contributed by atoms with Crippen LogP contribution in [0.4, 0.5) is 0 Å². The van der Waals surface area contributed by atoms with E-state index in [1.807, 2.05) is 24.3 Å². The van der Waals surface area contributed by atoms with Crippen molar-refractivity contribution < 1.29 is 4.74 Å². The number of methoxy groups -OCH3 is 1. The number of rotatable bonds is 3. The molecule has 80 valence electrons. The summed E-state index contributed by atoms with van der Waals surface area (Å²) in [5.41, 5.74) is 2.02. The number of nitrogens with one attached hydrogen (secondary N) is 1. The van der Waals surface area contributed by atoms with E-state index in [2.05, 4.69) is 23.8 Å². The first-order chi connectivity index (χ1) is 7.13. The molecule has 0 aliphatic carbocycles. The van der Waals surface area contributed by atoms with E-state index in [9.17, 15) is 0 Å². The van der Waals surface area contributed by atoms with E-state index < -0.39 is 0 Å². The summed E-state index contributed by atoms with van der Waals surface area (Å²) in [6, 6.07) is 8.05. The summed E-state index contributed by atoms with van der Waals surface area (Å²) < 4.78 is 5.20. The molecule has 0 radical (unpaired) electrons. The summed E-state index contributed by atoms with van der Waals surface area (Å²) in [6.07, 6.45) is 0. The minimum absolute atomic E-state index is 0.0756. The van der Waals surface area contributed by atoms with Crippen LogP contribution in [-0.2, 0) is 10.2 Å². The SMILES string of the molecule is COCC(C)(C)c1nc2ccccc2[nH]1. The maximum atomic E-state index is 5.20. The van der Waals surface area contributed by atoms with Crippen molar-refractivity contribution in [3.8, 4) is 0 Å². The highest BCUT2D eigenvalue weighted by molar-refractivity contribution is 5.74. The summed E-state index contributed by atoms with van der Waals surface area (Å²) in [5, 5.41) is 0. The monoisotopic (exact) mass is 204 g/mol. The van der Waals surface area contributed by atoms with Crippen molar-refractivity contribution in [2.24, 2.45) is 0 Å². The van der Waals surface area contributed by atoms with Gasteiger partial charge in [-0.1, -0.05) is 26.0 Å². The number of imidazole rings is 1. The van der Waals surface area contributed by atoms with Gasteiger partial charge in [0.15, 0.2) is 0 Å². The first-order valence-corrected chi connectivity index (χ1v) is 5.08. The predicted molar refractivity (Wildman–Crippen MR) is 61.0 cm³/mol. The molecule has 0 unspecified atom stereocenters. The number of hydrogen-bond donors (Lipinski definition) is 1. The van der Waals surface area contributed by atoms with Crippen LogP contribution < -0.4 is 0 Å². The van der Waals surface area contributed by atoms with E-state index in [1.54, 1.807) is 7.11 Å². The average Bonchev–Trinajstić information content (AvgIpc) is 2.61. The Labute approximate surface area is 89.5 Å².